The zero-order chi connectivity index (χ0) is 30.6. The summed E-state index contributed by atoms with van der Waals surface area (Å²) in [6.07, 6.45) is -3.38. The van der Waals surface area contributed by atoms with Crippen LogP contribution < -0.4 is 0 Å². The van der Waals surface area contributed by atoms with Crippen molar-refractivity contribution in [3.8, 4) is 0 Å². The highest BCUT2D eigenvalue weighted by molar-refractivity contribution is 6.76. The number of hydrogen-bond acceptors (Lipinski definition) is 8. The van der Waals surface area contributed by atoms with E-state index < -0.39 is 52.8 Å². The summed E-state index contributed by atoms with van der Waals surface area (Å²) in [6, 6.07) is 11.9. The van der Waals surface area contributed by atoms with Crippen molar-refractivity contribution in [3.05, 3.63) is 35.9 Å². The van der Waals surface area contributed by atoms with Crippen LogP contribution in [0, 0.1) is 5.92 Å². The summed E-state index contributed by atoms with van der Waals surface area (Å²) in [5.41, 5.74) is 1.00. The normalized spacial score (nSPS) is 25.2. The van der Waals surface area contributed by atoms with Crippen LogP contribution in [-0.2, 0) is 39.8 Å². The molecule has 7 atom stereocenters. The minimum absolute atomic E-state index is 0.0134. The summed E-state index contributed by atoms with van der Waals surface area (Å²) in [4.78, 5) is 12.3. The Morgan fingerprint density at radius 2 is 1.46 bits per heavy atom. The van der Waals surface area contributed by atoms with E-state index in [2.05, 4.69) is 39.3 Å². The van der Waals surface area contributed by atoms with E-state index in [1.165, 1.54) is 0 Å². The summed E-state index contributed by atoms with van der Waals surface area (Å²) < 4.78 is 37.2. The third-order valence-corrected chi connectivity index (χ3v) is 10.7. The highest BCUT2D eigenvalue weighted by Crippen LogP contribution is 2.35. The molecule has 0 radical (unpaired) electrons. The molecule has 2 rings (SSSR count). The Bertz CT molecular complexity index is 871. The van der Waals surface area contributed by atoms with Crippen molar-refractivity contribution in [2.45, 2.75) is 122 Å². The molecule has 0 aliphatic carbocycles. The van der Waals surface area contributed by atoms with Gasteiger partial charge in [0.05, 0.1) is 31.0 Å². The van der Waals surface area contributed by atoms with Crippen molar-refractivity contribution in [3.63, 3.8) is 0 Å². The summed E-state index contributed by atoms with van der Waals surface area (Å²) in [5, 5.41) is 10.8. The van der Waals surface area contributed by atoms with Gasteiger partial charge in [-0.25, -0.2) is 0 Å². The zero-order valence-corrected chi connectivity index (χ0v) is 28.9. The van der Waals surface area contributed by atoms with Gasteiger partial charge < -0.3 is 33.5 Å². The lowest BCUT2D eigenvalue weighted by Crippen LogP contribution is -2.60. The molecule has 0 amide bonds. The predicted octanol–water partition coefficient (Wildman–Crippen LogP) is 5.73. The van der Waals surface area contributed by atoms with E-state index in [-0.39, 0.29) is 31.7 Å². The third-order valence-electron chi connectivity index (χ3n) is 7.31. The molecular formula is C31H56O8Si2. The number of ketones is 1. The van der Waals surface area contributed by atoms with Crippen molar-refractivity contribution in [1.82, 2.24) is 0 Å². The number of aliphatic hydroxyl groups is 1. The highest BCUT2D eigenvalue weighted by Gasteiger charge is 2.49. The summed E-state index contributed by atoms with van der Waals surface area (Å²) >= 11 is 0. The van der Waals surface area contributed by atoms with Crippen LogP contribution in [0.5, 0.6) is 0 Å². The lowest BCUT2D eigenvalue weighted by atomic mass is 9.83. The van der Waals surface area contributed by atoms with Gasteiger partial charge in [-0.05, 0) is 31.5 Å². The molecule has 1 heterocycles. The minimum Gasteiger partial charge on any atom is -0.391 e. The van der Waals surface area contributed by atoms with Crippen LogP contribution in [0.25, 0.3) is 0 Å². The Labute approximate surface area is 250 Å². The lowest BCUT2D eigenvalue weighted by molar-refractivity contribution is -0.280. The number of carbonyl (C=O) groups excluding carboxylic acids is 1. The van der Waals surface area contributed by atoms with Crippen molar-refractivity contribution in [2.24, 2.45) is 5.92 Å². The van der Waals surface area contributed by atoms with Gasteiger partial charge in [0.1, 0.15) is 31.6 Å². The standard InChI is InChI=1S/C31H56O8Si2/c1-23(32)19-27-31(38-22-35-16-18-41(7,8)9)28(37-21-34-15-17-40(4,5)6)24(2)29(39-27)30(25(3)33)36-20-26-13-11-10-12-14-26/h10-14,24-25,27-31,33H,15-22H2,1-9H3/t24-,25-,27-,28-,29-,30-,31-/m1/s1. The highest BCUT2D eigenvalue weighted by atomic mass is 28.3. The van der Waals surface area contributed by atoms with Gasteiger partial charge in [-0.15, -0.1) is 0 Å². The molecule has 0 unspecified atom stereocenters. The molecule has 41 heavy (non-hydrogen) atoms. The molecule has 0 spiro atoms. The van der Waals surface area contributed by atoms with E-state index in [1.807, 2.05) is 37.3 Å². The largest absolute Gasteiger partial charge is 0.391 e. The van der Waals surface area contributed by atoms with E-state index in [4.69, 9.17) is 28.4 Å². The Balaban J connectivity index is 2.22. The molecule has 0 aromatic heterocycles. The second kappa shape index (κ2) is 17.4. The van der Waals surface area contributed by atoms with Crippen LogP contribution in [0.4, 0.5) is 0 Å². The first-order valence-electron chi connectivity index (χ1n) is 15.0. The zero-order valence-electron chi connectivity index (χ0n) is 26.9. The average Bonchev–Trinajstić information content (AvgIpc) is 2.85. The molecule has 236 valence electrons. The van der Waals surface area contributed by atoms with Crippen LogP contribution in [0.2, 0.25) is 51.4 Å². The number of aliphatic hydroxyl groups excluding tert-OH is 1. The van der Waals surface area contributed by atoms with Gasteiger partial charge in [-0.3, -0.25) is 4.79 Å². The van der Waals surface area contributed by atoms with Crippen LogP contribution in [0.3, 0.4) is 0 Å². The molecule has 0 saturated carbocycles. The maximum absolute atomic E-state index is 12.3. The maximum atomic E-state index is 12.3. The molecule has 1 N–H and O–H groups in total. The average molecular weight is 613 g/mol. The molecule has 8 nitrogen and oxygen atoms in total. The number of carbonyl (C=O) groups is 1. The Morgan fingerprint density at radius 3 is 1.95 bits per heavy atom. The molecule has 1 aromatic carbocycles. The van der Waals surface area contributed by atoms with Gasteiger partial charge in [0.25, 0.3) is 0 Å². The van der Waals surface area contributed by atoms with E-state index in [0.29, 0.717) is 19.8 Å². The number of ether oxygens (including phenoxy) is 6. The molecule has 1 saturated heterocycles. The van der Waals surface area contributed by atoms with Crippen molar-refractivity contribution in [2.75, 3.05) is 26.8 Å². The number of rotatable bonds is 19. The van der Waals surface area contributed by atoms with Gasteiger partial charge in [0.15, 0.2) is 0 Å². The molecule has 1 fully saturated rings. The predicted molar refractivity (Wildman–Crippen MR) is 168 cm³/mol. The van der Waals surface area contributed by atoms with Gasteiger partial charge >= 0.3 is 0 Å². The smallest absolute Gasteiger partial charge is 0.147 e. The van der Waals surface area contributed by atoms with Gasteiger partial charge in [0.2, 0.25) is 0 Å². The van der Waals surface area contributed by atoms with Gasteiger partial charge in [0, 0.05) is 41.7 Å². The maximum Gasteiger partial charge on any atom is 0.147 e. The van der Waals surface area contributed by atoms with E-state index in [9.17, 15) is 9.90 Å². The Kier molecular flexibility index (Phi) is 15.3. The first kappa shape index (κ1) is 36.2. The SMILES string of the molecule is CC(=O)C[C@H]1O[C@@H]([C@H](OCc2ccccc2)[C@@H](C)O)[C@H](C)[C@@H](OCOCC[Si](C)(C)C)[C@@H]1OCOCC[Si](C)(C)C. The van der Waals surface area contributed by atoms with Crippen molar-refractivity contribution < 1.29 is 38.3 Å². The van der Waals surface area contributed by atoms with Crippen LogP contribution in [-0.4, -0.2) is 90.5 Å². The number of Topliss-reactive ketones (excluding diaryl/α,β-unsaturated/α-hetero) is 1. The van der Waals surface area contributed by atoms with Gasteiger partial charge in [-0.1, -0.05) is 76.5 Å². The molecule has 10 heteroatoms. The first-order valence-corrected chi connectivity index (χ1v) is 22.5. The topological polar surface area (TPSA) is 92.7 Å². The Hall–Kier alpha value is -0.956. The first-order chi connectivity index (χ1) is 19.2. The summed E-state index contributed by atoms with van der Waals surface area (Å²) in [7, 11) is -2.48. The second-order valence-corrected chi connectivity index (χ2v) is 25.1. The molecular weight excluding hydrogens is 557 g/mol. The van der Waals surface area contributed by atoms with E-state index in [0.717, 1.165) is 17.7 Å². The molecule has 0 bridgehead atoms. The molecule has 1 aliphatic heterocycles. The van der Waals surface area contributed by atoms with E-state index >= 15 is 0 Å². The fourth-order valence-corrected chi connectivity index (χ4v) is 6.29. The fourth-order valence-electron chi connectivity index (χ4n) is 4.78. The summed E-state index contributed by atoms with van der Waals surface area (Å²) in [5.74, 6) is -0.235. The quantitative estimate of drug-likeness (QED) is 0.120. The van der Waals surface area contributed by atoms with E-state index in [1.54, 1.807) is 13.8 Å². The van der Waals surface area contributed by atoms with Crippen LogP contribution in [0.1, 0.15) is 32.8 Å². The Morgan fingerprint density at radius 1 is 0.927 bits per heavy atom. The van der Waals surface area contributed by atoms with Crippen molar-refractivity contribution >= 4 is 21.9 Å². The molecule has 1 aliphatic rings. The van der Waals surface area contributed by atoms with Crippen LogP contribution >= 0.6 is 0 Å². The van der Waals surface area contributed by atoms with Crippen LogP contribution in [0.15, 0.2) is 30.3 Å². The monoisotopic (exact) mass is 612 g/mol. The molecule has 1 aromatic rings. The number of hydrogen-bond donors (Lipinski definition) is 1. The van der Waals surface area contributed by atoms with Gasteiger partial charge in [-0.2, -0.15) is 0 Å². The summed E-state index contributed by atoms with van der Waals surface area (Å²) in [6.45, 7) is 20.9. The second-order valence-electron chi connectivity index (χ2n) is 13.8. The third kappa shape index (κ3) is 13.9. The lowest BCUT2D eigenvalue weighted by Gasteiger charge is -2.47. The van der Waals surface area contributed by atoms with Crippen molar-refractivity contribution in [1.29, 1.82) is 0 Å². The fraction of sp³-hybridized carbons (Fsp3) is 0.774. The minimum atomic E-state index is -1.24. The number of benzene rings is 1.